The number of Topliss-reactive ketones (excluding diaryl/α,β-unsaturated/α-hetero) is 2. The molecule has 1 unspecified atom stereocenters. The molecule has 0 saturated carbocycles. The van der Waals surface area contributed by atoms with E-state index in [4.69, 9.17) is 0 Å². The smallest absolute Gasteiger partial charge is 0.238 e. The molecule has 4 heterocycles. The van der Waals surface area contributed by atoms with Gasteiger partial charge in [-0.05, 0) is 46.8 Å². The number of benzene rings is 3. The average Bonchev–Trinajstić information content (AvgIpc) is 3.65. The Morgan fingerprint density at radius 1 is 0.895 bits per heavy atom. The number of fused-ring (bicyclic) bond motifs is 5. The third kappa shape index (κ3) is 3.12. The van der Waals surface area contributed by atoms with Crippen molar-refractivity contribution >= 4 is 62.2 Å². The molecule has 1 fully saturated rings. The molecule has 1 amide bonds. The topological polar surface area (TPSA) is 66.5 Å². The number of nitrogens with zero attached hydrogens (tertiary/aromatic N) is 1. The first-order valence-electron chi connectivity index (χ1n) is 12.4. The van der Waals surface area contributed by atoms with Crippen LogP contribution in [0, 0.1) is 5.92 Å². The molecule has 0 bridgehead atoms. The molecule has 38 heavy (non-hydrogen) atoms. The van der Waals surface area contributed by atoms with Crippen molar-refractivity contribution in [2.45, 2.75) is 17.5 Å². The third-order valence-corrected chi connectivity index (χ3v) is 9.38. The minimum Gasteiger partial charge on any atom is -0.352 e. The molecule has 3 aliphatic heterocycles. The zero-order valence-electron chi connectivity index (χ0n) is 20.0. The van der Waals surface area contributed by atoms with Crippen molar-refractivity contribution < 1.29 is 14.4 Å². The summed E-state index contributed by atoms with van der Waals surface area (Å²) in [5, 5.41) is 4.91. The number of amides is 1. The van der Waals surface area contributed by atoms with Crippen molar-refractivity contribution in [2.24, 2.45) is 5.92 Å². The van der Waals surface area contributed by atoms with E-state index in [1.165, 1.54) is 11.3 Å². The van der Waals surface area contributed by atoms with E-state index in [2.05, 4.69) is 21.2 Å². The summed E-state index contributed by atoms with van der Waals surface area (Å²) in [7, 11) is 0. The second-order valence-corrected chi connectivity index (χ2v) is 11.6. The van der Waals surface area contributed by atoms with Gasteiger partial charge in [-0.2, -0.15) is 0 Å². The Labute approximate surface area is 231 Å². The monoisotopic (exact) mass is 580 g/mol. The van der Waals surface area contributed by atoms with Gasteiger partial charge in [0, 0.05) is 21.4 Å². The number of halogens is 1. The molecule has 4 atom stereocenters. The molecule has 1 N–H and O–H groups in total. The number of carbonyl (C=O) groups excluding carboxylic acids is 3. The molecule has 5 nitrogen and oxygen atoms in total. The largest absolute Gasteiger partial charge is 0.352 e. The number of nitrogens with one attached hydrogen (secondary N) is 1. The Morgan fingerprint density at radius 3 is 2.45 bits per heavy atom. The Balaban J connectivity index is 1.55. The van der Waals surface area contributed by atoms with Crippen molar-refractivity contribution in [3.05, 3.63) is 122 Å². The Kier molecular flexibility index (Phi) is 5.29. The van der Waals surface area contributed by atoms with E-state index >= 15 is 0 Å². The highest BCUT2D eigenvalue weighted by Gasteiger charge is 2.71. The minimum atomic E-state index is -1.42. The zero-order chi connectivity index (χ0) is 26.0. The highest BCUT2D eigenvalue weighted by Crippen LogP contribution is 2.58. The van der Waals surface area contributed by atoms with Gasteiger partial charge in [0.05, 0.1) is 16.8 Å². The number of ketones is 2. The lowest BCUT2D eigenvalue weighted by Gasteiger charge is -2.37. The van der Waals surface area contributed by atoms with Crippen LogP contribution in [0.3, 0.4) is 0 Å². The van der Waals surface area contributed by atoms with Crippen LogP contribution in [0.5, 0.6) is 0 Å². The van der Waals surface area contributed by atoms with Gasteiger partial charge < -0.3 is 10.2 Å². The van der Waals surface area contributed by atoms with Crippen molar-refractivity contribution in [2.75, 3.05) is 10.2 Å². The van der Waals surface area contributed by atoms with Crippen molar-refractivity contribution in [1.29, 1.82) is 0 Å². The van der Waals surface area contributed by atoms with E-state index in [0.717, 1.165) is 15.7 Å². The third-order valence-electron chi connectivity index (χ3n) is 7.97. The lowest BCUT2D eigenvalue weighted by molar-refractivity contribution is -0.121. The van der Waals surface area contributed by atoms with E-state index < -0.39 is 23.4 Å². The van der Waals surface area contributed by atoms with Gasteiger partial charge in [0.1, 0.15) is 11.5 Å². The first-order chi connectivity index (χ1) is 18.5. The summed E-state index contributed by atoms with van der Waals surface area (Å²) in [5.41, 5.74) is 2.19. The lowest BCUT2D eigenvalue weighted by Crippen LogP contribution is -2.55. The molecule has 186 valence electrons. The zero-order valence-corrected chi connectivity index (χ0v) is 22.4. The minimum absolute atomic E-state index is 0.128. The van der Waals surface area contributed by atoms with Gasteiger partial charge in [0.25, 0.3) is 0 Å². The fourth-order valence-electron chi connectivity index (χ4n) is 6.48. The molecule has 7 rings (SSSR count). The van der Waals surface area contributed by atoms with Gasteiger partial charge >= 0.3 is 0 Å². The van der Waals surface area contributed by atoms with E-state index in [1.54, 1.807) is 18.2 Å². The standard InChI is InChI=1S/C31H21BrN2O3S/c32-20-14-11-19(12-15-20)27(35)29-31(21-7-2-3-8-22(21)33-30(31)37)26(28(36)25-10-5-17-38-25)24-16-13-18-6-1-4-9-23(18)34(24)29/h1-17,24,26,29H,(H,33,37)/t24?,26-,29+,31+/m0/s1. The Hall–Kier alpha value is -3.81. The fourth-order valence-corrected chi connectivity index (χ4v) is 7.45. The van der Waals surface area contributed by atoms with Crippen LogP contribution in [0.25, 0.3) is 6.08 Å². The van der Waals surface area contributed by atoms with E-state index in [9.17, 15) is 14.4 Å². The van der Waals surface area contributed by atoms with Gasteiger partial charge in [-0.1, -0.05) is 82.7 Å². The van der Waals surface area contributed by atoms with Crippen LogP contribution in [0.4, 0.5) is 11.4 Å². The molecule has 1 saturated heterocycles. The van der Waals surface area contributed by atoms with Crippen LogP contribution in [0.15, 0.2) is 101 Å². The van der Waals surface area contributed by atoms with E-state index in [1.807, 2.05) is 89.2 Å². The van der Waals surface area contributed by atoms with Crippen molar-refractivity contribution in [3.8, 4) is 0 Å². The lowest BCUT2D eigenvalue weighted by atomic mass is 9.64. The van der Waals surface area contributed by atoms with E-state index in [0.29, 0.717) is 21.7 Å². The maximum absolute atomic E-state index is 14.6. The summed E-state index contributed by atoms with van der Waals surface area (Å²) in [4.78, 5) is 45.9. The second-order valence-electron chi connectivity index (χ2n) is 9.78. The molecular formula is C31H21BrN2O3S. The molecule has 0 aliphatic carbocycles. The Bertz CT molecular complexity index is 1650. The first kappa shape index (κ1) is 23.3. The summed E-state index contributed by atoms with van der Waals surface area (Å²) < 4.78 is 0.856. The molecular weight excluding hydrogens is 560 g/mol. The van der Waals surface area contributed by atoms with Crippen molar-refractivity contribution in [3.63, 3.8) is 0 Å². The maximum atomic E-state index is 14.6. The second kappa shape index (κ2) is 8.61. The number of rotatable bonds is 4. The van der Waals surface area contributed by atoms with Gasteiger partial charge in [-0.3, -0.25) is 14.4 Å². The molecule has 1 spiro atoms. The molecule has 0 radical (unpaired) electrons. The summed E-state index contributed by atoms with van der Waals surface area (Å²) in [5.74, 6) is -1.44. The van der Waals surface area contributed by atoms with E-state index in [-0.39, 0.29) is 17.5 Å². The number of hydrogen-bond donors (Lipinski definition) is 1. The SMILES string of the molecule is O=C(c1cccs1)[C@@H]1C2C=Cc3ccccc3N2[C@H](C(=O)c2ccc(Br)cc2)[C@]12C(=O)Nc1ccccc12. The van der Waals surface area contributed by atoms with Gasteiger partial charge in [0.15, 0.2) is 11.6 Å². The molecule has 3 aromatic carbocycles. The first-order valence-corrected chi connectivity index (χ1v) is 14.0. The van der Waals surface area contributed by atoms with Gasteiger partial charge in [0.2, 0.25) is 5.91 Å². The molecule has 1 aromatic heterocycles. The average molecular weight is 581 g/mol. The number of carbonyl (C=O) groups is 3. The Morgan fingerprint density at radius 2 is 1.66 bits per heavy atom. The van der Waals surface area contributed by atoms with Crippen LogP contribution in [-0.2, 0) is 10.2 Å². The van der Waals surface area contributed by atoms with Crippen LogP contribution < -0.4 is 10.2 Å². The van der Waals surface area contributed by atoms with Gasteiger partial charge in [-0.25, -0.2) is 0 Å². The van der Waals surface area contributed by atoms with Crippen LogP contribution in [-0.4, -0.2) is 29.6 Å². The highest BCUT2D eigenvalue weighted by atomic mass is 79.9. The highest BCUT2D eigenvalue weighted by molar-refractivity contribution is 9.10. The summed E-state index contributed by atoms with van der Waals surface area (Å²) in [6.45, 7) is 0. The normalized spacial score (nSPS) is 24.6. The predicted octanol–water partition coefficient (Wildman–Crippen LogP) is 6.37. The number of hydrogen-bond acceptors (Lipinski definition) is 5. The predicted molar refractivity (Wildman–Crippen MR) is 153 cm³/mol. The van der Waals surface area contributed by atoms with Crippen LogP contribution in [0.2, 0.25) is 0 Å². The molecule has 4 aromatic rings. The number of thiophene rings is 1. The van der Waals surface area contributed by atoms with Crippen LogP contribution >= 0.6 is 27.3 Å². The van der Waals surface area contributed by atoms with Gasteiger partial charge in [-0.15, -0.1) is 11.3 Å². The fraction of sp³-hybridized carbons (Fsp3) is 0.129. The van der Waals surface area contributed by atoms with Crippen molar-refractivity contribution in [1.82, 2.24) is 0 Å². The maximum Gasteiger partial charge on any atom is 0.238 e. The number of anilines is 2. The molecule has 7 heteroatoms. The summed E-state index contributed by atoms with van der Waals surface area (Å²) in [6, 6.07) is 24.7. The molecule has 3 aliphatic rings. The van der Waals surface area contributed by atoms with Crippen LogP contribution in [0.1, 0.15) is 31.2 Å². The quantitative estimate of drug-likeness (QED) is 0.285. The number of para-hydroxylation sites is 2. The summed E-state index contributed by atoms with van der Waals surface area (Å²) >= 11 is 4.82. The summed E-state index contributed by atoms with van der Waals surface area (Å²) in [6.07, 6.45) is 3.99.